The first-order chi connectivity index (χ1) is 16.7. The summed E-state index contributed by atoms with van der Waals surface area (Å²) in [5, 5.41) is 0. The maximum absolute atomic E-state index is 12.3. The number of ether oxygens (including phenoxy) is 5. The molecule has 0 aliphatic rings. The van der Waals surface area contributed by atoms with Crippen molar-refractivity contribution in [1.82, 2.24) is 0 Å². The van der Waals surface area contributed by atoms with Crippen LogP contribution in [0.4, 0.5) is 4.79 Å². The lowest BCUT2D eigenvalue weighted by Gasteiger charge is -2.16. The van der Waals surface area contributed by atoms with Gasteiger partial charge in [0.05, 0.1) is 0 Å². The Hall–Kier alpha value is -3.92. The molecule has 0 saturated heterocycles. The Labute approximate surface area is 203 Å². The number of nitrogens with two attached hydrogens (primary N) is 1. The second kappa shape index (κ2) is 13.7. The number of hydrogen-bond donors (Lipinski definition) is 1. The first-order valence-corrected chi connectivity index (χ1v) is 11.1. The molecule has 2 N–H and O–H groups in total. The average molecular weight is 488 g/mol. The smallest absolute Gasteiger partial charge is 0.461 e. The van der Waals surface area contributed by atoms with Crippen molar-refractivity contribution in [3.05, 3.63) is 54.1 Å². The lowest BCUT2D eigenvalue weighted by Crippen LogP contribution is -2.36. The molecule has 0 amide bonds. The zero-order chi connectivity index (χ0) is 25.8. The van der Waals surface area contributed by atoms with Crippen LogP contribution in [0.1, 0.15) is 39.2 Å². The highest BCUT2D eigenvalue weighted by Crippen LogP contribution is 2.30. The summed E-state index contributed by atoms with van der Waals surface area (Å²) in [4.78, 5) is 47.5. The molecule has 0 spiro atoms. The number of carbonyl (C=O) groups excluding carboxylic acids is 4. The van der Waals surface area contributed by atoms with Gasteiger partial charge in [-0.2, -0.15) is 0 Å². The maximum atomic E-state index is 12.3. The summed E-state index contributed by atoms with van der Waals surface area (Å²) in [6, 6.07) is 11.9. The second-order valence-corrected chi connectivity index (χ2v) is 7.47. The predicted molar refractivity (Wildman–Crippen MR) is 124 cm³/mol. The van der Waals surface area contributed by atoms with Gasteiger partial charge < -0.3 is 29.4 Å². The number of rotatable bonds is 11. The van der Waals surface area contributed by atoms with Crippen LogP contribution in [-0.4, -0.2) is 42.8 Å². The number of carbonyl (C=O) groups is 4. The van der Waals surface area contributed by atoms with E-state index in [1.54, 1.807) is 50.2 Å². The zero-order valence-corrected chi connectivity index (χ0v) is 19.9. The molecule has 2 atom stereocenters. The molecule has 0 aliphatic heterocycles. The molecular weight excluding hydrogens is 458 g/mol. The van der Waals surface area contributed by atoms with Crippen LogP contribution in [-0.2, 0) is 30.3 Å². The van der Waals surface area contributed by atoms with E-state index in [1.807, 2.05) is 0 Å². The minimum absolute atomic E-state index is 0.0515. The molecule has 2 aromatic rings. The van der Waals surface area contributed by atoms with Crippen molar-refractivity contribution in [1.29, 1.82) is 0 Å². The van der Waals surface area contributed by atoms with E-state index < -0.39 is 36.2 Å². The largest absolute Gasteiger partial charge is 0.514 e. The fourth-order valence-corrected chi connectivity index (χ4v) is 2.68. The zero-order valence-electron chi connectivity index (χ0n) is 19.9. The van der Waals surface area contributed by atoms with E-state index >= 15 is 0 Å². The quantitative estimate of drug-likeness (QED) is 0.285. The van der Waals surface area contributed by atoms with Gasteiger partial charge in [0.25, 0.3) is 0 Å². The third-order valence-electron chi connectivity index (χ3n) is 4.49. The molecule has 10 nitrogen and oxygen atoms in total. The predicted octanol–water partition coefficient (Wildman–Crippen LogP) is 3.33. The third kappa shape index (κ3) is 9.46. The molecule has 2 aromatic carbocycles. The van der Waals surface area contributed by atoms with Crippen molar-refractivity contribution in [2.24, 2.45) is 5.73 Å². The van der Waals surface area contributed by atoms with Crippen molar-refractivity contribution < 1.29 is 42.9 Å². The summed E-state index contributed by atoms with van der Waals surface area (Å²) in [6.07, 6.45) is -1.37. The molecular formula is C25H29NO9. The Morgan fingerprint density at radius 2 is 1.49 bits per heavy atom. The van der Waals surface area contributed by atoms with Crippen molar-refractivity contribution in [2.45, 2.75) is 52.2 Å². The van der Waals surface area contributed by atoms with Gasteiger partial charge in [0.15, 0.2) is 11.5 Å². The van der Waals surface area contributed by atoms with Crippen LogP contribution in [0.2, 0.25) is 0 Å². The van der Waals surface area contributed by atoms with Gasteiger partial charge in [-0.15, -0.1) is 0 Å². The van der Waals surface area contributed by atoms with Crippen LogP contribution in [0.5, 0.6) is 17.2 Å². The third-order valence-corrected chi connectivity index (χ3v) is 4.49. The Bertz CT molecular complexity index is 1020. The molecule has 0 unspecified atom stereocenters. The first kappa shape index (κ1) is 27.3. The van der Waals surface area contributed by atoms with E-state index in [1.165, 1.54) is 19.1 Å². The minimum Gasteiger partial charge on any atom is -0.461 e. The summed E-state index contributed by atoms with van der Waals surface area (Å²) in [5.41, 5.74) is 6.51. The standard InChI is InChI=1S/C25H29NO9/c1-4-22(27)34-20-12-11-17(14-21(20)35-23(28)5-2)13-19(26)24(29)31-15-16(3)32-25(30)33-18-9-7-6-8-10-18/h6-12,14,16,19H,4-5,13,15,26H2,1-3H3/t16-,19-/m0/s1. The molecule has 35 heavy (non-hydrogen) atoms. The normalized spacial score (nSPS) is 12.1. The number of esters is 3. The molecule has 0 bridgehead atoms. The molecule has 0 heterocycles. The summed E-state index contributed by atoms with van der Waals surface area (Å²) in [7, 11) is 0. The number of benzene rings is 2. The summed E-state index contributed by atoms with van der Waals surface area (Å²) < 4.78 is 25.6. The van der Waals surface area contributed by atoms with E-state index in [0.717, 1.165) is 0 Å². The molecule has 0 aliphatic carbocycles. The number of para-hydroxylation sites is 1. The van der Waals surface area contributed by atoms with Gasteiger partial charge in [0.2, 0.25) is 0 Å². The molecule has 188 valence electrons. The van der Waals surface area contributed by atoms with Crippen molar-refractivity contribution in [2.75, 3.05) is 6.61 Å². The highest BCUT2D eigenvalue weighted by Gasteiger charge is 2.21. The molecule has 0 aromatic heterocycles. The molecule has 0 saturated carbocycles. The van der Waals surface area contributed by atoms with Gasteiger partial charge in [-0.1, -0.05) is 38.1 Å². The summed E-state index contributed by atoms with van der Waals surface area (Å²) in [6.45, 7) is 4.58. The van der Waals surface area contributed by atoms with Gasteiger partial charge >= 0.3 is 24.1 Å². The fourth-order valence-electron chi connectivity index (χ4n) is 2.68. The van der Waals surface area contributed by atoms with Gasteiger partial charge in [-0.25, -0.2) is 4.79 Å². The monoisotopic (exact) mass is 487 g/mol. The van der Waals surface area contributed by atoms with Gasteiger partial charge in [-0.3, -0.25) is 14.4 Å². The van der Waals surface area contributed by atoms with Crippen LogP contribution in [0.3, 0.4) is 0 Å². The van der Waals surface area contributed by atoms with Crippen molar-refractivity contribution in [3.8, 4) is 17.2 Å². The van der Waals surface area contributed by atoms with Crippen LogP contribution >= 0.6 is 0 Å². The highest BCUT2D eigenvalue weighted by molar-refractivity contribution is 5.77. The maximum Gasteiger partial charge on any atom is 0.514 e. The fraction of sp³-hybridized carbons (Fsp3) is 0.360. The highest BCUT2D eigenvalue weighted by atomic mass is 16.7. The van der Waals surface area contributed by atoms with Crippen molar-refractivity contribution in [3.63, 3.8) is 0 Å². The second-order valence-electron chi connectivity index (χ2n) is 7.47. The Morgan fingerprint density at radius 3 is 2.11 bits per heavy atom. The number of hydrogen-bond acceptors (Lipinski definition) is 10. The van der Waals surface area contributed by atoms with E-state index in [9.17, 15) is 19.2 Å². The first-order valence-electron chi connectivity index (χ1n) is 11.1. The topological polar surface area (TPSA) is 140 Å². The van der Waals surface area contributed by atoms with Crippen LogP contribution in [0.15, 0.2) is 48.5 Å². The van der Waals surface area contributed by atoms with E-state index in [4.69, 9.17) is 29.4 Å². The van der Waals surface area contributed by atoms with Gasteiger partial charge in [-0.05, 0) is 43.2 Å². The Morgan fingerprint density at radius 1 is 0.857 bits per heavy atom. The van der Waals surface area contributed by atoms with Crippen LogP contribution in [0, 0.1) is 0 Å². The Kier molecular flexibility index (Phi) is 10.7. The average Bonchev–Trinajstić information content (AvgIpc) is 2.84. The van der Waals surface area contributed by atoms with Crippen LogP contribution < -0.4 is 19.9 Å². The molecule has 10 heteroatoms. The molecule has 0 radical (unpaired) electrons. The van der Waals surface area contributed by atoms with E-state index in [0.29, 0.717) is 11.3 Å². The van der Waals surface area contributed by atoms with Gasteiger partial charge in [0.1, 0.15) is 24.5 Å². The molecule has 0 fully saturated rings. The van der Waals surface area contributed by atoms with Crippen LogP contribution in [0.25, 0.3) is 0 Å². The van der Waals surface area contributed by atoms with Crippen molar-refractivity contribution >= 4 is 24.1 Å². The lowest BCUT2D eigenvalue weighted by atomic mass is 10.1. The minimum atomic E-state index is -1.04. The summed E-state index contributed by atoms with van der Waals surface area (Å²) >= 11 is 0. The molecule has 2 rings (SSSR count). The van der Waals surface area contributed by atoms with E-state index in [-0.39, 0.29) is 37.4 Å². The Balaban J connectivity index is 1.90. The summed E-state index contributed by atoms with van der Waals surface area (Å²) in [5.74, 6) is -1.26. The van der Waals surface area contributed by atoms with Gasteiger partial charge in [0, 0.05) is 12.8 Å². The SMILES string of the molecule is CCC(=O)Oc1ccc(C[C@H](N)C(=O)OC[C@H](C)OC(=O)Oc2ccccc2)cc1OC(=O)CC. The lowest BCUT2D eigenvalue weighted by molar-refractivity contribution is -0.148. The van der Waals surface area contributed by atoms with E-state index in [2.05, 4.69) is 0 Å².